The lowest BCUT2D eigenvalue weighted by atomic mass is 10.2. The first-order chi connectivity index (χ1) is 9.76. The molecule has 106 valence electrons. The molecule has 2 heterocycles. The van der Waals surface area contributed by atoms with Gasteiger partial charge in [0.2, 0.25) is 0 Å². The van der Waals surface area contributed by atoms with Crippen LogP contribution < -0.4 is 4.90 Å². The van der Waals surface area contributed by atoms with Crippen LogP contribution in [0, 0.1) is 0 Å². The van der Waals surface area contributed by atoms with Crippen LogP contribution >= 0.6 is 0 Å². The summed E-state index contributed by atoms with van der Waals surface area (Å²) in [6.07, 6.45) is 7.55. The molecular weight excluding hydrogens is 250 g/mol. The van der Waals surface area contributed by atoms with Crippen molar-refractivity contribution in [2.45, 2.75) is 12.8 Å². The van der Waals surface area contributed by atoms with E-state index in [0.717, 1.165) is 18.9 Å². The van der Waals surface area contributed by atoms with E-state index in [1.54, 1.807) is 29.3 Å². The first kappa shape index (κ1) is 14.3. The van der Waals surface area contributed by atoms with Crippen LogP contribution in [0.15, 0.2) is 43.6 Å². The van der Waals surface area contributed by atoms with Gasteiger partial charge in [-0.2, -0.15) is 0 Å². The molecule has 4 heteroatoms. The third-order valence-electron chi connectivity index (χ3n) is 3.41. The molecule has 0 saturated carbocycles. The predicted octanol–water partition coefficient (Wildman–Crippen LogP) is 2.50. The smallest absolute Gasteiger partial charge is 0.254 e. The fourth-order valence-electron chi connectivity index (χ4n) is 2.41. The molecule has 0 N–H and O–H groups in total. The van der Waals surface area contributed by atoms with Gasteiger partial charge in [-0.05, 0) is 25.0 Å². The van der Waals surface area contributed by atoms with Gasteiger partial charge in [0.05, 0.1) is 0 Å². The molecular formula is C16H21N3O. The van der Waals surface area contributed by atoms with Crippen LogP contribution in [-0.2, 0) is 0 Å². The summed E-state index contributed by atoms with van der Waals surface area (Å²) < 4.78 is 0. The van der Waals surface area contributed by atoms with Crippen molar-refractivity contribution in [2.75, 3.05) is 31.1 Å². The highest BCUT2D eigenvalue weighted by Gasteiger charge is 2.17. The second-order valence-electron chi connectivity index (χ2n) is 4.88. The lowest BCUT2D eigenvalue weighted by Gasteiger charge is -2.21. The molecule has 1 fully saturated rings. The average Bonchev–Trinajstić information content (AvgIpc) is 3.01. The molecule has 1 amide bonds. The van der Waals surface area contributed by atoms with Crippen LogP contribution in [0.25, 0.3) is 0 Å². The Morgan fingerprint density at radius 3 is 2.55 bits per heavy atom. The molecule has 0 atom stereocenters. The van der Waals surface area contributed by atoms with Crippen LogP contribution in [0.5, 0.6) is 0 Å². The van der Waals surface area contributed by atoms with E-state index in [4.69, 9.17) is 0 Å². The van der Waals surface area contributed by atoms with Crippen molar-refractivity contribution in [1.82, 2.24) is 9.88 Å². The normalized spacial score (nSPS) is 14.1. The fraction of sp³-hybridized carbons (Fsp3) is 0.375. The van der Waals surface area contributed by atoms with Crippen LogP contribution in [-0.4, -0.2) is 42.0 Å². The Bertz CT molecular complexity index is 482. The summed E-state index contributed by atoms with van der Waals surface area (Å²) in [6, 6.07) is 3.65. The first-order valence-corrected chi connectivity index (χ1v) is 6.98. The molecule has 0 aliphatic carbocycles. The van der Waals surface area contributed by atoms with E-state index >= 15 is 0 Å². The van der Waals surface area contributed by atoms with Gasteiger partial charge in [0.15, 0.2) is 0 Å². The molecule has 4 nitrogen and oxygen atoms in total. The Labute approximate surface area is 120 Å². The van der Waals surface area contributed by atoms with Crippen molar-refractivity contribution in [2.24, 2.45) is 0 Å². The summed E-state index contributed by atoms with van der Waals surface area (Å²) in [7, 11) is 0. The Balaban J connectivity index is 2.17. The third kappa shape index (κ3) is 3.26. The maximum atomic E-state index is 12.5. The number of anilines is 1. The van der Waals surface area contributed by atoms with Crippen LogP contribution in [0.3, 0.4) is 0 Å². The van der Waals surface area contributed by atoms with Crippen molar-refractivity contribution >= 4 is 11.7 Å². The van der Waals surface area contributed by atoms with Gasteiger partial charge in [0.1, 0.15) is 5.82 Å². The van der Waals surface area contributed by atoms with E-state index in [1.807, 2.05) is 6.07 Å². The Kier molecular flexibility index (Phi) is 4.93. The third-order valence-corrected chi connectivity index (χ3v) is 3.41. The minimum Gasteiger partial charge on any atom is -0.357 e. The second-order valence-corrected chi connectivity index (χ2v) is 4.88. The molecule has 1 aliphatic heterocycles. The standard InChI is InChI=1S/C16H21N3O/c1-3-9-19(10-4-2)16(20)14-7-8-17-15(13-14)18-11-5-6-12-18/h3-4,7-8,13H,1-2,5-6,9-12H2. The number of rotatable bonds is 6. The summed E-state index contributed by atoms with van der Waals surface area (Å²) in [5, 5.41) is 0. The van der Waals surface area contributed by atoms with Crippen LogP contribution in [0.4, 0.5) is 5.82 Å². The van der Waals surface area contributed by atoms with Gasteiger partial charge in [0.25, 0.3) is 5.91 Å². The first-order valence-electron chi connectivity index (χ1n) is 6.98. The summed E-state index contributed by atoms with van der Waals surface area (Å²) >= 11 is 0. The minimum atomic E-state index is -0.00681. The average molecular weight is 271 g/mol. The fourth-order valence-corrected chi connectivity index (χ4v) is 2.41. The zero-order valence-corrected chi connectivity index (χ0v) is 11.8. The monoisotopic (exact) mass is 271 g/mol. The van der Waals surface area contributed by atoms with Crippen LogP contribution in [0.2, 0.25) is 0 Å². The Hall–Kier alpha value is -2.10. The van der Waals surface area contributed by atoms with Crippen molar-refractivity contribution in [3.05, 3.63) is 49.2 Å². The maximum absolute atomic E-state index is 12.5. The number of aromatic nitrogens is 1. The molecule has 0 spiro atoms. The number of amides is 1. The molecule has 1 aromatic heterocycles. The SMILES string of the molecule is C=CCN(CC=C)C(=O)c1ccnc(N2CCCC2)c1. The lowest BCUT2D eigenvalue weighted by Crippen LogP contribution is -2.31. The molecule has 1 saturated heterocycles. The number of nitrogens with zero attached hydrogens (tertiary/aromatic N) is 3. The van der Waals surface area contributed by atoms with E-state index in [2.05, 4.69) is 23.0 Å². The van der Waals surface area contributed by atoms with Crippen molar-refractivity contribution in [1.29, 1.82) is 0 Å². The highest BCUT2D eigenvalue weighted by Crippen LogP contribution is 2.19. The van der Waals surface area contributed by atoms with E-state index in [9.17, 15) is 4.79 Å². The zero-order chi connectivity index (χ0) is 14.4. The second kappa shape index (κ2) is 6.89. The Morgan fingerprint density at radius 1 is 1.30 bits per heavy atom. The van der Waals surface area contributed by atoms with Gasteiger partial charge in [-0.15, -0.1) is 13.2 Å². The topological polar surface area (TPSA) is 36.4 Å². The molecule has 0 bridgehead atoms. The van der Waals surface area contributed by atoms with E-state index < -0.39 is 0 Å². The maximum Gasteiger partial charge on any atom is 0.254 e. The molecule has 0 unspecified atom stereocenters. The lowest BCUT2D eigenvalue weighted by molar-refractivity contribution is 0.0791. The molecule has 20 heavy (non-hydrogen) atoms. The molecule has 2 rings (SSSR count). The quantitative estimate of drug-likeness (QED) is 0.746. The highest BCUT2D eigenvalue weighted by molar-refractivity contribution is 5.95. The van der Waals surface area contributed by atoms with Gasteiger partial charge >= 0.3 is 0 Å². The summed E-state index contributed by atoms with van der Waals surface area (Å²) in [4.78, 5) is 20.8. The van der Waals surface area contributed by atoms with Gasteiger partial charge in [-0.25, -0.2) is 4.98 Å². The number of hydrogen-bond donors (Lipinski definition) is 0. The van der Waals surface area contributed by atoms with Crippen molar-refractivity contribution in [3.8, 4) is 0 Å². The molecule has 0 radical (unpaired) electrons. The predicted molar refractivity (Wildman–Crippen MR) is 82.0 cm³/mol. The van der Waals surface area contributed by atoms with Gasteiger partial charge in [0, 0.05) is 37.9 Å². The van der Waals surface area contributed by atoms with Gasteiger partial charge in [-0.3, -0.25) is 4.79 Å². The number of carbonyl (C=O) groups excluding carboxylic acids is 1. The summed E-state index contributed by atoms with van der Waals surface area (Å²) in [5.41, 5.74) is 0.672. The number of pyridine rings is 1. The number of hydrogen-bond acceptors (Lipinski definition) is 3. The molecule has 1 aliphatic rings. The number of carbonyl (C=O) groups is 1. The molecule has 0 aromatic carbocycles. The summed E-state index contributed by atoms with van der Waals surface area (Å²) in [6.45, 7) is 10.5. The van der Waals surface area contributed by atoms with Crippen molar-refractivity contribution in [3.63, 3.8) is 0 Å². The van der Waals surface area contributed by atoms with E-state index in [1.165, 1.54) is 12.8 Å². The zero-order valence-electron chi connectivity index (χ0n) is 11.8. The summed E-state index contributed by atoms with van der Waals surface area (Å²) in [5.74, 6) is 0.887. The van der Waals surface area contributed by atoms with E-state index in [-0.39, 0.29) is 5.91 Å². The van der Waals surface area contributed by atoms with Crippen molar-refractivity contribution < 1.29 is 4.79 Å². The van der Waals surface area contributed by atoms with Crippen LogP contribution in [0.1, 0.15) is 23.2 Å². The highest BCUT2D eigenvalue weighted by atomic mass is 16.2. The van der Waals surface area contributed by atoms with Gasteiger partial charge < -0.3 is 9.80 Å². The Morgan fingerprint density at radius 2 is 1.95 bits per heavy atom. The van der Waals surface area contributed by atoms with Gasteiger partial charge in [-0.1, -0.05) is 12.2 Å². The molecule has 1 aromatic rings. The largest absolute Gasteiger partial charge is 0.357 e. The van der Waals surface area contributed by atoms with E-state index in [0.29, 0.717) is 18.7 Å². The minimum absolute atomic E-state index is 0.00681.